The molecular formula is C39H49N7O3. The molecule has 3 aliphatic heterocycles. The molecule has 4 aromatic rings. The zero-order valence-electron chi connectivity index (χ0n) is 29.2. The second-order valence-electron chi connectivity index (χ2n) is 14.8. The maximum Gasteiger partial charge on any atom is 0.238 e. The van der Waals surface area contributed by atoms with E-state index in [1.165, 1.54) is 32.4 Å². The molecule has 258 valence electrons. The third-order valence-corrected chi connectivity index (χ3v) is 11.6. The van der Waals surface area contributed by atoms with E-state index in [9.17, 15) is 9.90 Å². The first kappa shape index (κ1) is 32.4. The minimum absolute atomic E-state index is 0.185. The number of ether oxygens (including phenoxy) is 1. The van der Waals surface area contributed by atoms with Crippen LogP contribution in [0.4, 0.5) is 17.2 Å². The van der Waals surface area contributed by atoms with Crippen molar-refractivity contribution >= 4 is 34.1 Å². The van der Waals surface area contributed by atoms with E-state index in [1.807, 2.05) is 31.5 Å². The number of pyridine rings is 1. The molecule has 10 nitrogen and oxygen atoms in total. The molecule has 2 aromatic carbocycles. The number of aryl methyl sites for hydroxylation is 1. The lowest BCUT2D eigenvalue weighted by atomic mass is 9.75. The fraction of sp³-hybridized carbons (Fsp3) is 0.513. The van der Waals surface area contributed by atoms with Crippen LogP contribution in [0.2, 0.25) is 0 Å². The summed E-state index contributed by atoms with van der Waals surface area (Å²) in [5.41, 5.74) is 7.85. The van der Waals surface area contributed by atoms with Gasteiger partial charge in [0, 0.05) is 53.8 Å². The molecule has 0 radical (unpaired) electrons. The van der Waals surface area contributed by atoms with E-state index in [4.69, 9.17) is 14.7 Å². The Kier molecular flexibility index (Phi) is 8.46. The second-order valence-corrected chi connectivity index (χ2v) is 14.8. The van der Waals surface area contributed by atoms with Crippen LogP contribution in [-0.2, 0) is 14.9 Å². The quantitative estimate of drug-likeness (QED) is 0.187. The van der Waals surface area contributed by atoms with Crippen molar-refractivity contribution in [3.8, 4) is 11.3 Å². The normalized spacial score (nSPS) is 22.9. The number of rotatable bonds is 8. The molecule has 49 heavy (non-hydrogen) atoms. The van der Waals surface area contributed by atoms with Crippen LogP contribution in [-0.4, -0.2) is 75.9 Å². The molecule has 0 bridgehead atoms. The van der Waals surface area contributed by atoms with Crippen molar-refractivity contribution in [1.82, 2.24) is 24.8 Å². The number of aromatic nitrogens is 3. The SMILES string of the molecule is CNC(O)c1cc(Nc2nc(-c3ccc4c(c3)N([C@H]3C[C@@H](N5CCCCC5)C3)C(=O)C43CCOCC3)cc3ncn(C(C)C)c23)ccc1C. The van der Waals surface area contributed by atoms with Gasteiger partial charge in [-0.1, -0.05) is 24.6 Å². The number of amides is 1. The van der Waals surface area contributed by atoms with Gasteiger partial charge in [-0.25, -0.2) is 9.97 Å². The predicted octanol–water partition coefficient (Wildman–Crippen LogP) is 6.35. The first-order chi connectivity index (χ1) is 23.8. The van der Waals surface area contributed by atoms with E-state index in [2.05, 4.69) is 63.1 Å². The van der Waals surface area contributed by atoms with Crippen molar-refractivity contribution in [2.45, 2.75) is 95.5 Å². The number of piperidine rings is 1. The van der Waals surface area contributed by atoms with Crippen molar-refractivity contribution in [2.24, 2.45) is 0 Å². The highest BCUT2D eigenvalue weighted by Gasteiger charge is 2.55. The van der Waals surface area contributed by atoms with Gasteiger partial charge in [0.25, 0.3) is 0 Å². The van der Waals surface area contributed by atoms with Crippen molar-refractivity contribution in [3.63, 3.8) is 0 Å². The van der Waals surface area contributed by atoms with E-state index in [1.54, 1.807) is 7.05 Å². The van der Waals surface area contributed by atoms with Gasteiger partial charge in [-0.15, -0.1) is 0 Å². The molecule has 1 amide bonds. The highest BCUT2D eigenvalue weighted by molar-refractivity contribution is 6.09. The van der Waals surface area contributed by atoms with Crippen molar-refractivity contribution in [1.29, 1.82) is 0 Å². The first-order valence-corrected chi connectivity index (χ1v) is 18.2. The summed E-state index contributed by atoms with van der Waals surface area (Å²) in [7, 11) is 1.74. The van der Waals surface area contributed by atoms with Crippen LogP contribution in [0, 0.1) is 6.92 Å². The van der Waals surface area contributed by atoms with Crippen LogP contribution >= 0.6 is 0 Å². The van der Waals surface area contributed by atoms with E-state index in [-0.39, 0.29) is 18.0 Å². The fourth-order valence-corrected chi connectivity index (χ4v) is 8.66. The largest absolute Gasteiger partial charge is 0.381 e. The standard InChI is InChI=1S/C39H49N7O3/c1-24(2)45-23-41-33-22-32(43-36(35(33)45)42-27-10-8-25(3)30(19-27)37(47)40-4)26-9-11-31-34(18-26)46(38(48)39(31)12-16-49-17-13-39)29-20-28(21-29)44-14-6-5-7-15-44/h8-11,18-19,22-24,28-29,37,40,47H,5-7,12-17,20-21H2,1-4H3,(H,42,43)/t28-,29+,37?. The minimum atomic E-state index is -0.774. The maximum absolute atomic E-state index is 14.5. The monoisotopic (exact) mass is 663 g/mol. The lowest BCUT2D eigenvalue weighted by Crippen LogP contribution is -2.57. The fourth-order valence-electron chi connectivity index (χ4n) is 8.66. The molecule has 2 saturated heterocycles. The van der Waals surface area contributed by atoms with Crippen LogP contribution in [0.5, 0.6) is 0 Å². The van der Waals surface area contributed by atoms with Crippen molar-refractivity contribution in [3.05, 3.63) is 65.5 Å². The number of hydrogen-bond acceptors (Lipinski definition) is 8. The highest BCUT2D eigenvalue weighted by Crippen LogP contribution is 2.52. The van der Waals surface area contributed by atoms with Gasteiger partial charge in [0.1, 0.15) is 11.7 Å². The molecule has 5 heterocycles. The molecule has 1 saturated carbocycles. The third-order valence-electron chi connectivity index (χ3n) is 11.6. The molecular weight excluding hydrogens is 614 g/mol. The number of imidazole rings is 1. The molecule has 10 heteroatoms. The summed E-state index contributed by atoms with van der Waals surface area (Å²) >= 11 is 0. The summed E-state index contributed by atoms with van der Waals surface area (Å²) in [6, 6.07) is 15.5. The molecule has 4 aliphatic rings. The van der Waals surface area contributed by atoms with Gasteiger partial charge in [0.05, 0.1) is 23.0 Å². The lowest BCUT2D eigenvalue weighted by Gasteiger charge is -2.48. The smallest absolute Gasteiger partial charge is 0.238 e. The summed E-state index contributed by atoms with van der Waals surface area (Å²) in [6.45, 7) is 9.86. The van der Waals surface area contributed by atoms with Crippen LogP contribution in [0.3, 0.4) is 0 Å². The number of fused-ring (bicyclic) bond motifs is 3. The predicted molar refractivity (Wildman–Crippen MR) is 193 cm³/mol. The van der Waals surface area contributed by atoms with E-state index in [0.29, 0.717) is 25.1 Å². The van der Waals surface area contributed by atoms with Crippen molar-refractivity contribution in [2.75, 3.05) is 43.6 Å². The second kappa shape index (κ2) is 12.8. The Morgan fingerprint density at radius 2 is 1.78 bits per heavy atom. The number of nitrogens with one attached hydrogen (secondary N) is 2. The minimum Gasteiger partial charge on any atom is -0.381 e. The van der Waals surface area contributed by atoms with Crippen LogP contribution in [0.25, 0.3) is 22.3 Å². The Hall–Kier alpha value is -3.83. The maximum atomic E-state index is 14.5. The third kappa shape index (κ3) is 5.53. The summed E-state index contributed by atoms with van der Waals surface area (Å²) in [4.78, 5) is 29.4. The van der Waals surface area contributed by atoms with Gasteiger partial charge in [-0.2, -0.15) is 0 Å². The Bertz CT molecular complexity index is 1870. The molecule has 3 N–H and O–H groups in total. The van der Waals surface area contributed by atoms with Crippen molar-refractivity contribution < 1.29 is 14.6 Å². The average Bonchev–Trinajstić information content (AvgIpc) is 3.63. The number of carbonyl (C=O) groups is 1. The van der Waals surface area contributed by atoms with E-state index in [0.717, 1.165) is 76.0 Å². The Morgan fingerprint density at radius 1 is 1.00 bits per heavy atom. The van der Waals surface area contributed by atoms with Gasteiger partial charge >= 0.3 is 0 Å². The van der Waals surface area contributed by atoms with Gasteiger partial charge in [-0.3, -0.25) is 10.1 Å². The highest BCUT2D eigenvalue weighted by atomic mass is 16.5. The zero-order valence-corrected chi connectivity index (χ0v) is 29.2. The lowest BCUT2D eigenvalue weighted by molar-refractivity contribution is -0.127. The molecule has 3 fully saturated rings. The molecule has 1 atom stereocenters. The summed E-state index contributed by atoms with van der Waals surface area (Å²) < 4.78 is 7.92. The number of benzene rings is 2. The van der Waals surface area contributed by atoms with Crippen LogP contribution in [0.1, 0.15) is 87.8 Å². The molecule has 8 rings (SSSR count). The Labute approximate surface area is 288 Å². The number of aliphatic hydroxyl groups is 1. The molecule has 1 aliphatic carbocycles. The van der Waals surface area contributed by atoms with E-state index >= 15 is 0 Å². The summed E-state index contributed by atoms with van der Waals surface area (Å²) in [6.07, 6.45) is 8.52. The molecule has 1 unspecified atom stereocenters. The van der Waals surface area contributed by atoms with E-state index < -0.39 is 11.6 Å². The van der Waals surface area contributed by atoms with Crippen LogP contribution in [0.15, 0.2) is 48.8 Å². The zero-order chi connectivity index (χ0) is 33.9. The number of likely N-dealkylation sites (tertiary alicyclic amines) is 1. The number of nitrogens with zero attached hydrogens (tertiary/aromatic N) is 5. The van der Waals surface area contributed by atoms with Gasteiger partial charge in [0.15, 0.2) is 5.82 Å². The summed E-state index contributed by atoms with van der Waals surface area (Å²) in [5, 5.41) is 17.1. The summed E-state index contributed by atoms with van der Waals surface area (Å²) in [5.74, 6) is 0.954. The topological polar surface area (TPSA) is 108 Å². The Morgan fingerprint density at radius 3 is 2.51 bits per heavy atom. The number of hydrogen-bond donors (Lipinski definition) is 3. The molecule has 1 spiro atoms. The number of anilines is 3. The van der Waals surface area contributed by atoms with Gasteiger partial charge < -0.3 is 29.5 Å². The van der Waals surface area contributed by atoms with Gasteiger partial charge in [0.2, 0.25) is 5.91 Å². The average molecular weight is 664 g/mol. The van der Waals surface area contributed by atoms with Crippen LogP contribution < -0.4 is 15.5 Å². The number of carbonyl (C=O) groups excluding carboxylic acids is 1. The number of aliphatic hydroxyl groups excluding tert-OH is 1. The van der Waals surface area contributed by atoms with Gasteiger partial charge in [-0.05, 0) is 115 Å². The Balaban J connectivity index is 1.19. The first-order valence-electron chi connectivity index (χ1n) is 18.2. The molecule has 2 aromatic heterocycles.